The number of hydrogen-bond acceptors (Lipinski definition) is 5. The van der Waals surface area contributed by atoms with Crippen molar-refractivity contribution in [3.63, 3.8) is 0 Å². The molecule has 0 amide bonds. The molecule has 0 atom stereocenters. The third-order valence-electron chi connectivity index (χ3n) is 5.63. The van der Waals surface area contributed by atoms with Crippen molar-refractivity contribution < 1.29 is 0 Å². The minimum atomic E-state index is -0.476. The van der Waals surface area contributed by atoms with E-state index in [2.05, 4.69) is 39.9 Å². The maximum Gasteiger partial charge on any atom is 0.253 e. The Morgan fingerprint density at radius 1 is 0.857 bits per heavy atom. The summed E-state index contributed by atoms with van der Waals surface area (Å²) < 4.78 is 0. The molecule has 144 valence electrons. The summed E-state index contributed by atoms with van der Waals surface area (Å²) in [4.78, 5) is 27.7. The number of hydrogen-bond donors (Lipinski definition) is 2. The van der Waals surface area contributed by atoms with Gasteiger partial charge in [-0.2, -0.15) is 0 Å². The van der Waals surface area contributed by atoms with Crippen LogP contribution < -0.4 is 21.5 Å². The van der Waals surface area contributed by atoms with Crippen molar-refractivity contribution in [2.75, 3.05) is 17.2 Å². The summed E-state index contributed by atoms with van der Waals surface area (Å²) in [5, 5.41) is 6.14. The fourth-order valence-electron chi connectivity index (χ4n) is 3.98. The molecule has 1 saturated carbocycles. The SMILES string of the molecule is O=c1c(NCCc2ccc(C3CCCCC3)cc2)c(Nc2ccncc2)c1=O. The highest BCUT2D eigenvalue weighted by atomic mass is 16.2. The summed E-state index contributed by atoms with van der Waals surface area (Å²) in [5.74, 6) is 0.714. The highest BCUT2D eigenvalue weighted by molar-refractivity contribution is 5.78. The Kier molecular flexibility index (Phi) is 5.51. The van der Waals surface area contributed by atoms with Gasteiger partial charge in [-0.3, -0.25) is 14.6 Å². The Labute approximate surface area is 164 Å². The number of nitrogens with zero attached hydrogens (tertiary/aromatic N) is 1. The normalized spacial score (nSPS) is 14.9. The first-order chi connectivity index (χ1) is 13.7. The third kappa shape index (κ3) is 3.98. The van der Waals surface area contributed by atoms with Crippen molar-refractivity contribution in [1.29, 1.82) is 0 Å². The summed E-state index contributed by atoms with van der Waals surface area (Å²) in [5.41, 5.74) is 3.20. The average Bonchev–Trinajstić information content (AvgIpc) is 2.77. The molecular weight excluding hydrogens is 350 g/mol. The van der Waals surface area contributed by atoms with Crippen molar-refractivity contribution in [2.45, 2.75) is 44.4 Å². The van der Waals surface area contributed by atoms with Gasteiger partial charge in [-0.25, -0.2) is 0 Å². The standard InChI is InChI=1S/C23H25N3O2/c27-22-20(21(23(22)28)26-19-11-13-24-14-12-19)25-15-10-16-6-8-18(9-7-16)17-4-2-1-3-5-17/h6-9,11-14,17,25H,1-5,10,15H2,(H,24,26). The maximum absolute atomic E-state index is 11.9. The Hall–Kier alpha value is -2.95. The predicted octanol–water partition coefficient (Wildman–Crippen LogP) is 4.12. The van der Waals surface area contributed by atoms with Gasteiger partial charge in [-0.1, -0.05) is 43.5 Å². The fourth-order valence-corrected chi connectivity index (χ4v) is 3.98. The Morgan fingerprint density at radius 3 is 2.25 bits per heavy atom. The highest BCUT2D eigenvalue weighted by Gasteiger charge is 2.20. The van der Waals surface area contributed by atoms with Gasteiger partial charge in [0.15, 0.2) is 0 Å². The van der Waals surface area contributed by atoms with Crippen molar-refractivity contribution in [2.24, 2.45) is 0 Å². The first kappa shape index (κ1) is 18.4. The Morgan fingerprint density at radius 2 is 1.54 bits per heavy atom. The molecule has 1 heterocycles. The molecule has 0 saturated heterocycles. The molecule has 0 spiro atoms. The molecule has 5 heteroatoms. The molecule has 1 aromatic heterocycles. The van der Waals surface area contributed by atoms with Gasteiger partial charge >= 0.3 is 0 Å². The van der Waals surface area contributed by atoms with Gasteiger partial charge in [0.25, 0.3) is 10.9 Å². The van der Waals surface area contributed by atoms with E-state index in [1.807, 2.05) is 0 Å². The molecule has 0 aliphatic heterocycles. The number of nitrogens with one attached hydrogen (secondary N) is 2. The molecule has 2 N–H and O–H groups in total. The van der Waals surface area contributed by atoms with Crippen LogP contribution in [-0.4, -0.2) is 11.5 Å². The second-order valence-electron chi connectivity index (χ2n) is 7.52. The third-order valence-corrected chi connectivity index (χ3v) is 5.63. The first-order valence-corrected chi connectivity index (χ1v) is 10.1. The van der Waals surface area contributed by atoms with Crippen molar-refractivity contribution in [1.82, 2.24) is 4.98 Å². The topological polar surface area (TPSA) is 71.1 Å². The van der Waals surface area contributed by atoms with Gasteiger partial charge in [0.2, 0.25) is 0 Å². The van der Waals surface area contributed by atoms with Gasteiger partial charge < -0.3 is 10.6 Å². The van der Waals surface area contributed by atoms with Crippen molar-refractivity contribution in [3.05, 3.63) is 80.4 Å². The second-order valence-corrected chi connectivity index (χ2v) is 7.52. The quantitative estimate of drug-likeness (QED) is 0.608. The van der Waals surface area contributed by atoms with Gasteiger partial charge in [0.05, 0.1) is 0 Å². The minimum Gasteiger partial charge on any atom is -0.380 e. The number of aromatic nitrogens is 1. The van der Waals surface area contributed by atoms with Crippen LogP contribution in [0, 0.1) is 0 Å². The molecule has 5 nitrogen and oxygen atoms in total. The maximum atomic E-state index is 11.9. The van der Waals surface area contributed by atoms with Crippen LogP contribution in [0.15, 0.2) is 58.4 Å². The molecule has 1 aliphatic carbocycles. The summed E-state index contributed by atoms with van der Waals surface area (Å²) in [6, 6.07) is 12.4. The van der Waals surface area contributed by atoms with Gasteiger partial charge in [0.1, 0.15) is 11.4 Å². The highest BCUT2D eigenvalue weighted by Crippen LogP contribution is 2.32. The largest absolute Gasteiger partial charge is 0.380 e. The molecule has 1 aliphatic rings. The van der Waals surface area contributed by atoms with Gasteiger partial charge in [-0.05, 0) is 48.4 Å². The summed E-state index contributed by atoms with van der Waals surface area (Å²) in [7, 11) is 0. The zero-order valence-electron chi connectivity index (χ0n) is 15.9. The van der Waals surface area contributed by atoms with Crippen LogP contribution in [0.5, 0.6) is 0 Å². The van der Waals surface area contributed by atoms with Gasteiger partial charge in [-0.15, -0.1) is 0 Å². The van der Waals surface area contributed by atoms with E-state index in [4.69, 9.17) is 0 Å². The number of benzene rings is 1. The fraction of sp³-hybridized carbons (Fsp3) is 0.348. The lowest BCUT2D eigenvalue weighted by Gasteiger charge is -2.22. The van der Waals surface area contributed by atoms with Crippen LogP contribution in [0.3, 0.4) is 0 Å². The lowest BCUT2D eigenvalue weighted by molar-refractivity contribution is 0.443. The summed E-state index contributed by atoms with van der Waals surface area (Å²) >= 11 is 0. The average molecular weight is 375 g/mol. The molecule has 4 rings (SSSR count). The molecule has 28 heavy (non-hydrogen) atoms. The zero-order valence-corrected chi connectivity index (χ0v) is 15.9. The lowest BCUT2D eigenvalue weighted by Crippen LogP contribution is -2.37. The van der Waals surface area contributed by atoms with E-state index in [0.717, 1.165) is 12.1 Å². The van der Waals surface area contributed by atoms with E-state index in [-0.39, 0.29) is 0 Å². The van der Waals surface area contributed by atoms with E-state index in [1.165, 1.54) is 43.2 Å². The number of rotatable bonds is 7. The number of pyridine rings is 1. The van der Waals surface area contributed by atoms with E-state index in [0.29, 0.717) is 23.8 Å². The smallest absolute Gasteiger partial charge is 0.253 e. The predicted molar refractivity (Wildman–Crippen MR) is 113 cm³/mol. The van der Waals surface area contributed by atoms with Crippen molar-refractivity contribution in [3.8, 4) is 0 Å². The van der Waals surface area contributed by atoms with Crippen LogP contribution in [-0.2, 0) is 6.42 Å². The van der Waals surface area contributed by atoms with Gasteiger partial charge in [0, 0.05) is 24.6 Å². The zero-order chi connectivity index (χ0) is 19.3. The Balaban J connectivity index is 1.33. The number of anilines is 3. The lowest BCUT2D eigenvalue weighted by atomic mass is 9.84. The second kappa shape index (κ2) is 8.38. The molecule has 3 aromatic rings. The van der Waals surface area contributed by atoms with Crippen LogP contribution in [0.25, 0.3) is 0 Å². The van der Waals surface area contributed by atoms with E-state index < -0.39 is 10.9 Å². The van der Waals surface area contributed by atoms with Crippen LogP contribution in [0.2, 0.25) is 0 Å². The van der Waals surface area contributed by atoms with Crippen LogP contribution >= 0.6 is 0 Å². The first-order valence-electron chi connectivity index (χ1n) is 10.1. The Bertz CT molecular complexity index is 983. The summed E-state index contributed by atoms with van der Waals surface area (Å²) in [6.45, 7) is 0.610. The van der Waals surface area contributed by atoms with Crippen molar-refractivity contribution >= 4 is 17.1 Å². The van der Waals surface area contributed by atoms with Crippen LogP contribution in [0.4, 0.5) is 17.1 Å². The molecule has 0 bridgehead atoms. The molecule has 0 unspecified atom stereocenters. The van der Waals surface area contributed by atoms with Crippen LogP contribution in [0.1, 0.15) is 49.1 Å². The molecule has 0 radical (unpaired) electrons. The van der Waals surface area contributed by atoms with E-state index in [9.17, 15) is 9.59 Å². The van der Waals surface area contributed by atoms with E-state index in [1.54, 1.807) is 24.5 Å². The monoisotopic (exact) mass is 375 g/mol. The summed E-state index contributed by atoms with van der Waals surface area (Å²) in [6.07, 6.45) is 10.7. The molecular formula is C23H25N3O2. The molecule has 1 fully saturated rings. The minimum absolute atomic E-state index is 0.337. The van der Waals surface area contributed by atoms with E-state index >= 15 is 0 Å². The molecule has 2 aromatic carbocycles.